The summed E-state index contributed by atoms with van der Waals surface area (Å²) >= 11 is 0. The van der Waals surface area contributed by atoms with E-state index in [1.165, 1.54) is 0 Å². The molecule has 0 aliphatic heterocycles. The van der Waals surface area contributed by atoms with Gasteiger partial charge in [0.1, 0.15) is 5.75 Å². The molecule has 0 aliphatic rings. The van der Waals surface area contributed by atoms with Crippen LogP contribution in [0.1, 0.15) is 39.4 Å². The summed E-state index contributed by atoms with van der Waals surface area (Å²) < 4.78 is 5.57. The van der Waals surface area contributed by atoms with Crippen molar-refractivity contribution >= 4 is 5.91 Å². The van der Waals surface area contributed by atoms with Gasteiger partial charge in [-0.2, -0.15) is 0 Å². The van der Waals surface area contributed by atoms with Crippen LogP contribution < -0.4 is 15.8 Å². The highest BCUT2D eigenvalue weighted by Crippen LogP contribution is 2.20. The lowest BCUT2D eigenvalue weighted by molar-refractivity contribution is -0.125. The Labute approximate surface area is 120 Å². The molecule has 0 heterocycles. The third kappa shape index (κ3) is 5.19. The van der Waals surface area contributed by atoms with Gasteiger partial charge in [-0.15, -0.1) is 0 Å². The Hall–Kier alpha value is -1.59. The lowest BCUT2D eigenvalue weighted by atomic mass is 10.1. The van der Waals surface area contributed by atoms with Gasteiger partial charge < -0.3 is 20.9 Å². The van der Waals surface area contributed by atoms with Crippen molar-refractivity contribution in [2.75, 3.05) is 6.54 Å². The first kappa shape index (κ1) is 16.5. The minimum Gasteiger partial charge on any atom is -0.491 e. The van der Waals surface area contributed by atoms with Crippen molar-refractivity contribution in [1.29, 1.82) is 0 Å². The molecule has 0 saturated heterocycles. The molecule has 1 amide bonds. The van der Waals surface area contributed by atoms with E-state index < -0.39 is 11.6 Å². The topological polar surface area (TPSA) is 84.6 Å². The van der Waals surface area contributed by atoms with Gasteiger partial charge in [-0.05, 0) is 45.4 Å². The SMILES string of the molecule is CC(C)Oc1cccc(C(O)CNC(=O)C(C)(C)N)c1. The van der Waals surface area contributed by atoms with Crippen LogP contribution in [0.25, 0.3) is 0 Å². The van der Waals surface area contributed by atoms with Crippen molar-refractivity contribution in [3.63, 3.8) is 0 Å². The number of carbonyl (C=O) groups excluding carboxylic acids is 1. The zero-order valence-corrected chi connectivity index (χ0v) is 12.5. The fraction of sp³-hybridized carbons (Fsp3) is 0.533. The zero-order chi connectivity index (χ0) is 15.3. The zero-order valence-electron chi connectivity index (χ0n) is 12.5. The van der Waals surface area contributed by atoms with Crippen molar-refractivity contribution in [1.82, 2.24) is 5.32 Å². The summed E-state index contributed by atoms with van der Waals surface area (Å²) in [6.07, 6.45) is -0.725. The molecule has 0 radical (unpaired) electrons. The molecule has 1 aromatic rings. The van der Waals surface area contributed by atoms with E-state index in [0.29, 0.717) is 11.3 Å². The highest BCUT2D eigenvalue weighted by Gasteiger charge is 2.22. The van der Waals surface area contributed by atoms with E-state index in [1.807, 2.05) is 26.0 Å². The third-order valence-electron chi connectivity index (χ3n) is 2.66. The lowest BCUT2D eigenvalue weighted by Crippen LogP contribution is -2.49. The van der Waals surface area contributed by atoms with Crippen LogP contribution in [0.2, 0.25) is 0 Å². The van der Waals surface area contributed by atoms with Gasteiger partial charge in [0.25, 0.3) is 0 Å². The molecule has 112 valence electrons. The molecule has 1 unspecified atom stereocenters. The van der Waals surface area contributed by atoms with Gasteiger partial charge in [0, 0.05) is 6.54 Å². The van der Waals surface area contributed by atoms with Crippen LogP contribution in [-0.4, -0.2) is 29.2 Å². The summed E-state index contributed by atoms with van der Waals surface area (Å²) in [4.78, 5) is 11.6. The Morgan fingerprint density at radius 3 is 2.65 bits per heavy atom. The average Bonchev–Trinajstić information content (AvgIpc) is 2.33. The van der Waals surface area contributed by atoms with Crippen LogP contribution >= 0.6 is 0 Å². The molecule has 5 heteroatoms. The molecule has 0 bridgehead atoms. The number of amides is 1. The second kappa shape index (κ2) is 6.72. The number of rotatable bonds is 6. The van der Waals surface area contributed by atoms with Crippen LogP contribution in [0, 0.1) is 0 Å². The lowest BCUT2D eigenvalue weighted by Gasteiger charge is -2.20. The van der Waals surface area contributed by atoms with E-state index in [-0.39, 0.29) is 18.6 Å². The highest BCUT2D eigenvalue weighted by atomic mass is 16.5. The second-order valence-corrected chi connectivity index (χ2v) is 5.69. The first-order valence-electron chi connectivity index (χ1n) is 6.72. The van der Waals surface area contributed by atoms with Crippen molar-refractivity contribution in [3.8, 4) is 5.75 Å². The first-order chi connectivity index (χ1) is 9.20. The summed E-state index contributed by atoms with van der Waals surface area (Å²) in [5.41, 5.74) is 5.41. The molecule has 0 aliphatic carbocycles. The highest BCUT2D eigenvalue weighted by molar-refractivity contribution is 5.85. The largest absolute Gasteiger partial charge is 0.491 e. The molecular formula is C15H24N2O3. The molecular weight excluding hydrogens is 256 g/mol. The van der Waals surface area contributed by atoms with Gasteiger partial charge in [0.2, 0.25) is 5.91 Å². The summed E-state index contributed by atoms with van der Waals surface area (Å²) in [5, 5.41) is 12.7. The number of aliphatic hydroxyl groups excluding tert-OH is 1. The molecule has 1 rings (SSSR count). The van der Waals surface area contributed by atoms with E-state index in [1.54, 1.807) is 26.0 Å². The molecule has 0 fully saturated rings. The molecule has 20 heavy (non-hydrogen) atoms. The molecule has 5 nitrogen and oxygen atoms in total. The van der Waals surface area contributed by atoms with Crippen LogP contribution in [-0.2, 0) is 4.79 Å². The normalized spacial score (nSPS) is 13.2. The molecule has 0 saturated carbocycles. The smallest absolute Gasteiger partial charge is 0.239 e. The van der Waals surface area contributed by atoms with Crippen LogP contribution in [0.4, 0.5) is 0 Å². The minimum absolute atomic E-state index is 0.0696. The molecule has 0 aromatic heterocycles. The number of aliphatic hydroxyl groups is 1. The predicted molar refractivity (Wildman–Crippen MR) is 78.4 cm³/mol. The van der Waals surface area contributed by atoms with Gasteiger partial charge in [-0.3, -0.25) is 4.79 Å². The Kier molecular flexibility index (Phi) is 5.53. The number of benzene rings is 1. The first-order valence-corrected chi connectivity index (χ1v) is 6.72. The van der Waals surface area contributed by atoms with Gasteiger partial charge in [-0.1, -0.05) is 12.1 Å². The Bertz CT molecular complexity index is 453. The molecule has 4 N–H and O–H groups in total. The van der Waals surface area contributed by atoms with Crippen LogP contribution in [0.15, 0.2) is 24.3 Å². The van der Waals surface area contributed by atoms with E-state index in [0.717, 1.165) is 0 Å². The van der Waals surface area contributed by atoms with Gasteiger partial charge >= 0.3 is 0 Å². The summed E-state index contributed by atoms with van der Waals surface area (Å²) in [6.45, 7) is 7.22. The number of hydrogen-bond donors (Lipinski definition) is 3. The van der Waals surface area contributed by atoms with E-state index in [9.17, 15) is 9.90 Å². The maximum Gasteiger partial charge on any atom is 0.239 e. The Balaban J connectivity index is 2.63. The second-order valence-electron chi connectivity index (χ2n) is 5.69. The predicted octanol–water partition coefficient (Wildman–Crippen LogP) is 1.36. The summed E-state index contributed by atoms with van der Waals surface area (Å²) in [7, 11) is 0. The quantitative estimate of drug-likeness (QED) is 0.734. The van der Waals surface area contributed by atoms with Gasteiger partial charge in [0.05, 0.1) is 17.7 Å². The fourth-order valence-corrected chi connectivity index (χ4v) is 1.60. The summed E-state index contributed by atoms with van der Waals surface area (Å²) in [5.74, 6) is 0.396. The van der Waals surface area contributed by atoms with Gasteiger partial charge in [0.15, 0.2) is 0 Å². The minimum atomic E-state index is -0.956. The number of carbonyl (C=O) groups is 1. The molecule has 1 atom stereocenters. The molecule has 1 aromatic carbocycles. The maximum atomic E-state index is 11.6. The van der Waals surface area contributed by atoms with E-state index >= 15 is 0 Å². The van der Waals surface area contributed by atoms with Crippen LogP contribution in [0.3, 0.4) is 0 Å². The Morgan fingerprint density at radius 2 is 2.10 bits per heavy atom. The third-order valence-corrected chi connectivity index (χ3v) is 2.66. The molecule has 0 spiro atoms. The standard InChI is InChI=1S/C15H24N2O3/c1-10(2)20-12-7-5-6-11(8-12)13(18)9-17-14(19)15(3,4)16/h5-8,10,13,18H,9,16H2,1-4H3,(H,17,19). The van der Waals surface area contributed by atoms with Crippen molar-refractivity contribution < 1.29 is 14.6 Å². The van der Waals surface area contributed by atoms with E-state index in [4.69, 9.17) is 10.5 Å². The Morgan fingerprint density at radius 1 is 1.45 bits per heavy atom. The number of nitrogens with two attached hydrogens (primary N) is 1. The average molecular weight is 280 g/mol. The summed E-state index contributed by atoms with van der Waals surface area (Å²) in [6, 6.07) is 7.20. The van der Waals surface area contributed by atoms with Crippen LogP contribution in [0.5, 0.6) is 5.75 Å². The van der Waals surface area contributed by atoms with Crippen molar-refractivity contribution in [2.24, 2.45) is 5.73 Å². The van der Waals surface area contributed by atoms with E-state index in [2.05, 4.69) is 5.32 Å². The number of ether oxygens (including phenoxy) is 1. The van der Waals surface area contributed by atoms with Crippen molar-refractivity contribution in [2.45, 2.75) is 45.4 Å². The number of hydrogen-bond acceptors (Lipinski definition) is 4. The number of nitrogens with one attached hydrogen (secondary N) is 1. The fourth-order valence-electron chi connectivity index (χ4n) is 1.60. The monoisotopic (exact) mass is 280 g/mol. The van der Waals surface area contributed by atoms with Gasteiger partial charge in [-0.25, -0.2) is 0 Å². The maximum absolute atomic E-state index is 11.6. The van der Waals surface area contributed by atoms with Crippen molar-refractivity contribution in [3.05, 3.63) is 29.8 Å².